The molecular formula is C14H19ClN2O. The SMILES string of the molecule is CCC(C#N)CNCCc1ccc(OC)c(Cl)c1. The number of benzene rings is 1. The summed E-state index contributed by atoms with van der Waals surface area (Å²) in [5.41, 5.74) is 1.17. The summed E-state index contributed by atoms with van der Waals surface area (Å²) in [6.45, 7) is 3.62. The standard InChI is InChI=1S/C14H19ClN2O/c1-3-11(9-16)10-17-7-6-12-4-5-14(18-2)13(15)8-12/h4-5,8,11,17H,3,6-7,10H2,1-2H3. The Kier molecular flexibility index (Phi) is 6.56. The van der Waals surface area contributed by atoms with Crippen molar-refractivity contribution in [2.75, 3.05) is 20.2 Å². The van der Waals surface area contributed by atoms with Crippen molar-refractivity contribution in [3.05, 3.63) is 28.8 Å². The predicted octanol–water partition coefficient (Wildman–Crippen LogP) is 3.03. The van der Waals surface area contributed by atoms with Gasteiger partial charge in [-0.05, 0) is 37.1 Å². The average molecular weight is 267 g/mol. The van der Waals surface area contributed by atoms with E-state index in [1.807, 2.05) is 25.1 Å². The van der Waals surface area contributed by atoms with Crippen LogP contribution in [0.25, 0.3) is 0 Å². The third kappa shape index (κ3) is 4.56. The fraction of sp³-hybridized carbons (Fsp3) is 0.500. The normalized spacial score (nSPS) is 11.9. The number of hydrogen-bond donors (Lipinski definition) is 1. The molecule has 4 heteroatoms. The third-order valence-electron chi connectivity index (χ3n) is 2.87. The zero-order chi connectivity index (χ0) is 13.4. The Morgan fingerprint density at radius 3 is 2.83 bits per heavy atom. The zero-order valence-corrected chi connectivity index (χ0v) is 11.6. The molecule has 0 saturated heterocycles. The summed E-state index contributed by atoms with van der Waals surface area (Å²) in [6.07, 6.45) is 1.78. The third-order valence-corrected chi connectivity index (χ3v) is 3.17. The van der Waals surface area contributed by atoms with E-state index in [4.69, 9.17) is 21.6 Å². The lowest BCUT2D eigenvalue weighted by Crippen LogP contribution is -2.23. The summed E-state index contributed by atoms with van der Waals surface area (Å²) in [4.78, 5) is 0. The summed E-state index contributed by atoms with van der Waals surface area (Å²) in [7, 11) is 1.61. The van der Waals surface area contributed by atoms with Crippen LogP contribution in [0.4, 0.5) is 0 Å². The Labute approximate surface area is 114 Å². The van der Waals surface area contributed by atoms with E-state index in [-0.39, 0.29) is 5.92 Å². The average Bonchev–Trinajstić information content (AvgIpc) is 2.39. The maximum atomic E-state index is 8.82. The van der Waals surface area contributed by atoms with Gasteiger partial charge in [0, 0.05) is 6.54 Å². The lowest BCUT2D eigenvalue weighted by molar-refractivity contribution is 0.415. The minimum absolute atomic E-state index is 0.101. The first kappa shape index (κ1) is 14.8. The van der Waals surface area contributed by atoms with E-state index < -0.39 is 0 Å². The van der Waals surface area contributed by atoms with E-state index >= 15 is 0 Å². The zero-order valence-electron chi connectivity index (χ0n) is 10.9. The quantitative estimate of drug-likeness (QED) is 0.772. The molecule has 0 aromatic heterocycles. The molecule has 0 saturated carbocycles. The Morgan fingerprint density at radius 2 is 2.28 bits per heavy atom. The molecule has 0 fully saturated rings. The molecule has 0 heterocycles. The number of nitriles is 1. The summed E-state index contributed by atoms with van der Waals surface area (Å²) in [6, 6.07) is 8.08. The highest BCUT2D eigenvalue weighted by Crippen LogP contribution is 2.24. The molecule has 0 aliphatic carbocycles. The van der Waals surface area contributed by atoms with Crippen LogP contribution in [0, 0.1) is 17.2 Å². The van der Waals surface area contributed by atoms with E-state index in [2.05, 4.69) is 11.4 Å². The molecule has 0 aliphatic rings. The lowest BCUT2D eigenvalue weighted by atomic mass is 10.1. The number of ether oxygens (including phenoxy) is 1. The largest absolute Gasteiger partial charge is 0.495 e. The molecule has 1 rings (SSSR count). The number of halogens is 1. The fourth-order valence-electron chi connectivity index (χ4n) is 1.66. The number of methoxy groups -OCH3 is 1. The second-order valence-electron chi connectivity index (χ2n) is 4.16. The van der Waals surface area contributed by atoms with Gasteiger partial charge in [0.1, 0.15) is 5.75 Å². The topological polar surface area (TPSA) is 45.0 Å². The van der Waals surface area contributed by atoms with Gasteiger partial charge in [0.05, 0.1) is 24.1 Å². The minimum Gasteiger partial charge on any atom is -0.495 e. The van der Waals surface area contributed by atoms with Crippen LogP contribution in [-0.2, 0) is 6.42 Å². The summed E-state index contributed by atoms with van der Waals surface area (Å²) in [5, 5.41) is 12.7. The Hall–Kier alpha value is -1.24. The lowest BCUT2D eigenvalue weighted by Gasteiger charge is -2.09. The number of hydrogen-bond acceptors (Lipinski definition) is 3. The molecule has 1 unspecified atom stereocenters. The highest BCUT2D eigenvalue weighted by Gasteiger charge is 2.04. The smallest absolute Gasteiger partial charge is 0.137 e. The van der Waals surface area contributed by atoms with Crippen LogP contribution in [0.15, 0.2) is 18.2 Å². The monoisotopic (exact) mass is 266 g/mol. The highest BCUT2D eigenvalue weighted by atomic mass is 35.5. The number of rotatable bonds is 7. The molecule has 1 N–H and O–H groups in total. The maximum absolute atomic E-state index is 8.82. The molecule has 18 heavy (non-hydrogen) atoms. The van der Waals surface area contributed by atoms with Gasteiger partial charge in [-0.15, -0.1) is 0 Å². The van der Waals surface area contributed by atoms with Crippen LogP contribution in [-0.4, -0.2) is 20.2 Å². The second-order valence-corrected chi connectivity index (χ2v) is 4.56. The van der Waals surface area contributed by atoms with Gasteiger partial charge in [-0.1, -0.05) is 24.6 Å². The van der Waals surface area contributed by atoms with E-state index in [9.17, 15) is 0 Å². The van der Waals surface area contributed by atoms with Crippen molar-refractivity contribution in [3.8, 4) is 11.8 Å². The molecule has 98 valence electrons. The van der Waals surface area contributed by atoms with Gasteiger partial charge in [-0.2, -0.15) is 5.26 Å². The molecule has 0 aliphatic heterocycles. The first-order valence-corrected chi connectivity index (χ1v) is 6.51. The molecule has 1 aromatic rings. The molecular weight excluding hydrogens is 248 g/mol. The van der Waals surface area contributed by atoms with E-state index in [0.717, 1.165) is 25.9 Å². The number of nitrogens with zero attached hydrogens (tertiary/aromatic N) is 1. The van der Waals surface area contributed by atoms with E-state index in [1.165, 1.54) is 5.56 Å². The van der Waals surface area contributed by atoms with Crippen molar-refractivity contribution in [1.82, 2.24) is 5.32 Å². The van der Waals surface area contributed by atoms with Crippen LogP contribution in [0.2, 0.25) is 5.02 Å². The van der Waals surface area contributed by atoms with Crippen molar-refractivity contribution in [3.63, 3.8) is 0 Å². The second kappa shape index (κ2) is 7.97. The summed E-state index contributed by atoms with van der Waals surface area (Å²) < 4.78 is 5.10. The molecule has 1 atom stereocenters. The van der Waals surface area contributed by atoms with E-state index in [0.29, 0.717) is 10.8 Å². The van der Waals surface area contributed by atoms with Crippen LogP contribution in [0.1, 0.15) is 18.9 Å². The van der Waals surface area contributed by atoms with Gasteiger partial charge < -0.3 is 10.1 Å². The molecule has 0 bridgehead atoms. The molecule has 0 radical (unpaired) electrons. The highest BCUT2D eigenvalue weighted by molar-refractivity contribution is 6.32. The predicted molar refractivity (Wildman–Crippen MR) is 74.0 cm³/mol. The van der Waals surface area contributed by atoms with Crippen molar-refractivity contribution >= 4 is 11.6 Å². The Morgan fingerprint density at radius 1 is 1.50 bits per heavy atom. The van der Waals surface area contributed by atoms with Gasteiger partial charge >= 0.3 is 0 Å². The van der Waals surface area contributed by atoms with Crippen LogP contribution >= 0.6 is 11.6 Å². The minimum atomic E-state index is 0.101. The van der Waals surface area contributed by atoms with Crippen molar-refractivity contribution in [2.24, 2.45) is 5.92 Å². The fourth-order valence-corrected chi connectivity index (χ4v) is 1.94. The van der Waals surface area contributed by atoms with Gasteiger partial charge in [-0.25, -0.2) is 0 Å². The van der Waals surface area contributed by atoms with Crippen molar-refractivity contribution < 1.29 is 4.74 Å². The first-order valence-electron chi connectivity index (χ1n) is 6.14. The van der Waals surface area contributed by atoms with Gasteiger partial charge in [-0.3, -0.25) is 0 Å². The van der Waals surface area contributed by atoms with Crippen LogP contribution < -0.4 is 10.1 Å². The van der Waals surface area contributed by atoms with Gasteiger partial charge in [0.2, 0.25) is 0 Å². The molecule has 1 aromatic carbocycles. The Bertz CT molecular complexity index is 415. The van der Waals surface area contributed by atoms with Gasteiger partial charge in [0.15, 0.2) is 0 Å². The number of nitrogens with one attached hydrogen (secondary N) is 1. The van der Waals surface area contributed by atoms with Crippen molar-refractivity contribution in [1.29, 1.82) is 5.26 Å². The van der Waals surface area contributed by atoms with E-state index in [1.54, 1.807) is 7.11 Å². The van der Waals surface area contributed by atoms with Crippen LogP contribution in [0.3, 0.4) is 0 Å². The molecule has 3 nitrogen and oxygen atoms in total. The first-order chi connectivity index (χ1) is 8.71. The summed E-state index contributed by atoms with van der Waals surface area (Å²) >= 11 is 6.05. The molecule has 0 spiro atoms. The molecule has 0 amide bonds. The summed E-state index contributed by atoms with van der Waals surface area (Å²) in [5.74, 6) is 0.799. The Balaban J connectivity index is 2.36. The van der Waals surface area contributed by atoms with Crippen molar-refractivity contribution in [2.45, 2.75) is 19.8 Å². The van der Waals surface area contributed by atoms with Gasteiger partial charge in [0.25, 0.3) is 0 Å². The van der Waals surface area contributed by atoms with Crippen LogP contribution in [0.5, 0.6) is 5.75 Å². The maximum Gasteiger partial charge on any atom is 0.137 e.